The highest BCUT2D eigenvalue weighted by Gasteiger charge is 2.34. The van der Waals surface area contributed by atoms with Crippen molar-refractivity contribution in [2.24, 2.45) is 0 Å². The fraction of sp³-hybridized carbons (Fsp3) is 0.167. The number of esters is 1. The van der Waals surface area contributed by atoms with Gasteiger partial charge in [0, 0.05) is 18.7 Å². The zero-order valence-electron chi connectivity index (χ0n) is 14.8. The van der Waals surface area contributed by atoms with E-state index in [-0.39, 0.29) is 25.1 Å². The van der Waals surface area contributed by atoms with Crippen molar-refractivity contribution in [3.05, 3.63) is 79.4 Å². The monoisotopic (exact) mass is 399 g/mol. The molecule has 0 fully saturated rings. The first kappa shape index (κ1) is 19.6. The third-order valence-corrected chi connectivity index (χ3v) is 4.20. The third-order valence-electron chi connectivity index (χ3n) is 4.20. The number of benzene rings is 2. The molecule has 1 aliphatic rings. The molecule has 0 spiro atoms. The average molecular weight is 399 g/mol. The number of fused-ring (bicyclic) bond motifs is 1. The predicted molar refractivity (Wildman–Crippen MR) is 96.5 cm³/mol. The van der Waals surface area contributed by atoms with E-state index in [4.69, 9.17) is 4.74 Å². The number of ether oxygens (including phenoxy) is 1. The van der Waals surface area contributed by atoms with E-state index in [1.807, 2.05) is 0 Å². The maximum atomic E-state index is 12.2. The minimum absolute atomic E-state index is 0.00864. The van der Waals surface area contributed by atoms with Crippen molar-refractivity contribution < 1.29 is 29.0 Å². The first-order valence-corrected chi connectivity index (χ1v) is 8.36. The summed E-state index contributed by atoms with van der Waals surface area (Å²) in [6.07, 6.45) is 0.133. The Bertz CT molecular complexity index is 982. The second-order valence-electron chi connectivity index (χ2n) is 6.05. The van der Waals surface area contributed by atoms with Gasteiger partial charge in [-0.15, -0.1) is 0 Å². The minimum Gasteiger partial charge on any atom is -0.462 e. The Labute approximate surface area is 162 Å². The molecule has 2 aromatic rings. The number of nitro groups is 2. The summed E-state index contributed by atoms with van der Waals surface area (Å²) in [5.41, 5.74) is -0.960. The lowest BCUT2D eigenvalue weighted by Crippen LogP contribution is -2.31. The van der Waals surface area contributed by atoms with Crippen molar-refractivity contribution in [2.45, 2.75) is 6.42 Å². The maximum absolute atomic E-state index is 12.2. The molecule has 148 valence electrons. The first-order chi connectivity index (χ1) is 13.8. The molecule has 1 aliphatic heterocycles. The van der Waals surface area contributed by atoms with Crippen molar-refractivity contribution in [3.63, 3.8) is 0 Å². The van der Waals surface area contributed by atoms with E-state index in [1.54, 1.807) is 24.3 Å². The number of imide groups is 1. The van der Waals surface area contributed by atoms with E-state index < -0.39 is 39.0 Å². The van der Waals surface area contributed by atoms with Crippen molar-refractivity contribution in [1.29, 1.82) is 0 Å². The molecular weight excluding hydrogens is 386 g/mol. The number of nitrogens with zero attached hydrogens (tertiary/aromatic N) is 3. The summed E-state index contributed by atoms with van der Waals surface area (Å²) in [6, 6.07) is 8.87. The number of rotatable bonds is 7. The smallest absolute Gasteiger partial charge is 0.338 e. The van der Waals surface area contributed by atoms with Gasteiger partial charge in [-0.1, -0.05) is 12.1 Å². The van der Waals surface area contributed by atoms with Gasteiger partial charge in [0.1, 0.15) is 0 Å². The molecule has 0 radical (unpaired) electrons. The van der Waals surface area contributed by atoms with Crippen LogP contribution < -0.4 is 0 Å². The highest BCUT2D eigenvalue weighted by molar-refractivity contribution is 6.21. The van der Waals surface area contributed by atoms with Gasteiger partial charge in [-0.2, -0.15) is 0 Å². The van der Waals surface area contributed by atoms with Crippen LogP contribution in [0.1, 0.15) is 37.5 Å². The molecule has 0 aromatic heterocycles. The average Bonchev–Trinajstić information content (AvgIpc) is 2.95. The quantitative estimate of drug-likeness (QED) is 0.226. The molecule has 0 unspecified atom stereocenters. The summed E-state index contributed by atoms with van der Waals surface area (Å²) in [5, 5.41) is 21.7. The lowest BCUT2D eigenvalue weighted by Gasteiger charge is -2.13. The predicted octanol–water partition coefficient (Wildman–Crippen LogP) is 2.35. The number of carbonyl (C=O) groups excluding carboxylic acids is 3. The minimum atomic E-state index is -0.987. The number of carbonyl (C=O) groups is 3. The van der Waals surface area contributed by atoms with Gasteiger partial charge in [0.15, 0.2) is 0 Å². The molecule has 0 aliphatic carbocycles. The summed E-state index contributed by atoms with van der Waals surface area (Å²) < 4.78 is 4.97. The molecule has 0 N–H and O–H groups in total. The van der Waals surface area contributed by atoms with Crippen LogP contribution in [-0.2, 0) is 4.74 Å². The Kier molecular flexibility index (Phi) is 5.30. The van der Waals surface area contributed by atoms with Gasteiger partial charge in [-0.3, -0.25) is 34.7 Å². The number of non-ortho nitro benzene ring substituents is 2. The van der Waals surface area contributed by atoms with Crippen molar-refractivity contribution >= 4 is 29.2 Å². The summed E-state index contributed by atoms with van der Waals surface area (Å²) in [4.78, 5) is 57.6. The first-order valence-electron chi connectivity index (χ1n) is 8.36. The molecule has 11 heteroatoms. The van der Waals surface area contributed by atoms with Gasteiger partial charge in [0.25, 0.3) is 23.2 Å². The molecule has 0 saturated carbocycles. The van der Waals surface area contributed by atoms with E-state index in [0.717, 1.165) is 23.1 Å². The lowest BCUT2D eigenvalue weighted by molar-refractivity contribution is -0.394. The highest BCUT2D eigenvalue weighted by atomic mass is 16.6. The summed E-state index contributed by atoms with van der Waals surface area (Å²) >= 11 is 0. The van der Waals surface area contributed by atoms with Crippen LogP contribution in [0.2, 0.25) is 0 Å². The van der Waals surface area contributed by atoms with Crippen LogP contribution in [0.15, 0.2) is 42.5 Å². The number of nitro benzene ring substituents is 2. The van der Waals surface area contributed by atoms with Crippen molar-refractivity contribution in [3.8, 4) is 0 Å². The highest BCUT2D eigenvalue weighted by Crippen LogP contribution is 2.24. The Morgan fingerprint density at radius 1 is 0.931 bits per heavy atom. The summed E-state index contributed by atoms with van der Waals surface area (Å²) in [7, 11) is 0. The fourth-order valence-electron chi connectivity index (χ4n) is 2.84. The Morgan fingerprint density at radius 2 is 1.45 bits per heavy atom. The van der Waals surface area contributed by atoms with Crippen LogP contribution in [0, 0.1) is 20.2 Å². The summed E-state index contributed by atoms with van der Waals surface area (Å²) in [6.45, 7) is -0.183. The standard InChI is InChI=1S/C18H13N3O8/c22-16-14-4-1-2-5-15(14)17(23)19(16)6-3-7-29-18(24)11-8-12(20(25)26)10-13(9-11)21(27)28/h1-2,4-5,8-10H,3,6-7H2. The van der Waals surface area contributed by atoms with Crippen LogP contribution in [-0.4, -0.2) is 45.7 Å². The molecule has 0 atom stereocenters. The van der Waals surface area contributed by atoms with Gasteiger partial charge in [-0.25, -0.2) is 4.79 Å². The largest absolute Gasteiger partial charge is 0.462 e. The molecular formula is C18H13N3O8. The molecule has 2 amide bonds. The molecule has 2 aromatic carbocycles. The third kappa shape index (κ3) is 3.93. The van der Waals surface area contributed by atoms with Crippen LogP contribution in [0.25, 0.3) is 0 Å². The number of hydrogen-bond donors (Lipinski definition) is 0. The van der Waals surface area contributed by atoms with E-state index in [0.29, 0.717) is 11.1 Å². The van der Waals surface area contributed by atoms with Gasteiger partial charge in [-0.05, 0) is 18.6 Å². The van der Waals surface area contributed by atoms with E-state index >= 15 is 0 Å². The van der Waals surface area contributed by atoms with E-state index in [1.165, 1.54) is 0 Å². The topological polar surface area (TPSA) is 150 Å². The Balaban J connectivity index is 1.60. The van der Waals surface area contributed by atoms with Crippen LogP contribution in [0.5, 0.6) is 0 Å². The fourth-order valence-corrected chi connectivity index (χ4v) is 2.84. The van der Waals surface area contributed by atoms with E-state index in [9.17, 15) is 34.6 Å². The molecule has 0 saturated heterocycles. The zero-order valence-corrected chi connectivity index (χ0v) is 14.8. The number of amides is 2. The van der Waals surface area contributed by atoms with Gasteiger partial charge < -0.3 is 4.74 Å². The maximum Gasteiger partial charge on any atom is 0.338 e. The van der Waals surface area contributed by atoms with Crippen molar-refractivity contribution in [2.75, 3.05) is 13.2 Å². The Hall–Kier alpha value is -4.15. The van der Waals surface area contributed by atoms with Crippen LogP contribution in [0.3, 0.4) is 0 Å². The zero-order chi connectivity index (χ0) is 21.1. The Morgan fingerprint density at radius 3 is 1.93 bits per heavy atom. The van der Waals surface area contributed by atoms with E-state index in [2.05, 4.69) is 0 Å². The lowest BCUT2D eigenvalue weighted by atomic mass is 10.1. The molecule has 3 rings (SSSR count). The van der Waals surface area contributed by atoms with Crippen LogP contribution >= 0.6 is 0 Å². The van der Waals surface area contributed by atoms with Crippen LogP contribution in [0.4, 0.5) is 11.4 Å². The summed E-state index contributed by atoms with van der Waals surface area (Å²) in [5.74, 6) is -1.86. The van der Waals surface area contributed by atoms with Gasteiger partial charge >= 0.3 is 5.97 Å². The molecule has 1 heterocycles. The SMILES string of the molecule is O=C(OCCCN1C(=O)c2ccccc2C1=O)c1cc([N+](=O)[O-])cc([N+](=O)[O-])c1. The van der Waals surface area contributed by atoms with Crippen molar-refractivity contribution in [1.82, 2.24) is 4.90 Å². The van der Waals surface area contributed by atoms with Gasteiger partial charge in [0.2, 0.25) is 0 Å². The molecule has 0 bridgehead atoms. The number of hydrogen-bond acceptors (Lipinski definition) is 8. The second-order valence-corrected chi connectivity index (χ2v) is 6.05. The molecule has 29 heavy (non-hydrogen) atoms. The van der Waals surface area contributed by atoms with Gasteiger partial charge in [0.05, 0.1) is 39.2 Å². The normalized spacial score (nSPS) is 12.6. The molecule has 11 nitrogen and oxygen atoms in total. The second kappa shape index (κ2) is 7.84.